The molecule has 1 aromatic heterocycles. The molecule has 0 radical (unpaired) electrons. The van der Waals surface area contributed by atoms with E-state index >= 15 is 0 Å². The lowest BCUT2D eigenvalue weighted by Gasteiger charge is -2.17. The van der Waals surface area contributed by atoms with E-state index in [0.717, 1.165) is 10.4 Å². The molecule has 0 fully saturated rings. The minimum Gasteiger partial charge on any atom is -0.490 e. The van der Waals surface area contributed by atoms with Gasteiger partial charge in [0, 0.05) is 10.4 Å². The number of rotatable bonds is 9. The van der Waals surface area contributed by atoms with Gasteiger partial charge in [0.05, 0.1) is 25.4 Å². The number of benzene rings is 1. The zero-order chi connectivity index (χ0) is 20.8. The number of anilines is 1. The molecule has 0 aliphatic rings. The van der Waals surface area contributed by atoms with Gasteiger partial charge in [-0.3, -0.25) is 9.59 Å². The van der Waals surface area contributed by atoms with Crippen LogP contribution < -0.4 is 25.3 Å². The molecular formula is C20H26N2O5S. The number of nitrogens with two attached hydrogens (primary N) is 1. The molecule has 2 rings (SSSR count). The van der Waals surface area contributed by atoms with Gasteiger partial charge in [-0.25, -0.2) is 0 Å². The number of ether oxygens (including phenoxy) is 3. The van der Waals surface area contributed by atoms with E-state index in [0.29, 0.717) is 53.2 Å². The van der Waals surface area contributed by atoms with Crippen LogP contribution in [-0.4, -0.2) is 31.6 Å². The number of carbonyl (C=O) groups excluding carboxylic acids is 2. The third-order valence-corrected chi connectivity index (χ3v) is 5.15. The molecule has 0 aliphatic carbocycles. The molecular weight excluding hydrogens is 380 g/mol. The Morgan fingerprint density at radius 3 is 2.00 bits per heavy atom. The minimum atomic E-state index is -0.575. The van der Waals surface area contributed by atoms with Crippen LogP contribution in [0.4, 0.5) is 5.00 Å². The van der Waals surface area contributed by atoms with Gasteiger partial charge in [-0.05, 0) is 52.3 Å². The van der Waals surface area contributed by atoms with Gasteiger partial charge in [0.25, 0.3) is 11.8 Å². The fraction of sp³-hybridized carbons (Fsp3) is 0.400. The predicted octanol–water partition coefficient (Wildman–Crippen LogP) is 3.91. The Balaban J connectivity index is 2.45. The summed E-state index contributed by atoms with van der Waals surface area (Å²) in [5.41, 5.74) is 6.91. The fourth-order valence-electron chi connectivity index (χ4n) is 2.71. The molecule has 0 saturated heterocycles. The number of hydrogen-bond acceptors (Lipinski definition) is 6. The van der Waals surface area contributed by atoms with Crippen LogP contribution >= 0.6 is 11.3 Å². The van der Waals surface area contributed by atoms with E-state index < -0.39 is 11.8 Å². The average molecular weight is 407 g/mol. The van der Waals surface area contributed by atoms with Crippen molar-refractivity contribution < 1.29 is 23.8 Å². The van der Waals surface area contributed by atoms with Crippen LogP contribution in [0.5, 0.6) is 17.2 Å². The van der Waals surface area contributed by atoms with E-state index in [-0.39, 0.29) is 0 Å². The number of amides is 2. The molecule has 0 saturated carbocycles. The Bertz CT molecular complexity index is 849. The van der Waals surface area contributed by atoms with Gasteiger partial charge in [0.1, 0.15) is 5.00 Å². The summed E-state index contributed by atoms with van der Waals surface area (Å²) in [5, 5.41) is 3.21. The lowest BCUT2D eigenvalue weighted by Crippen LogP contribution is -2.17. The fourth-order valence-corrected chi connectivity index (χ4v) is 3.77. The van der Waals surface area contributed by atoms with Crippen molar-refractivity contribution in [2.75, 3.05) is 25.1 Å². The monoisotopic (exact) mass is 406 g/mol. The highest BCUT2D eigenvalue weighted by Gasteiger charge is 2.22. The molecule has 8 heteroatoms. The van der Waals surface area contributed by atoms with Gasteiger partial charge in [0.2, 0.25) is 5.75 Å². The first-order valence-corrected chi connectivity index (χ1v) is 9.93. The van der Waals surface area contributed by atoms with Crippen molar-refractivity contribution in [1.29, 1.82) is 0 Å². The Morgan fingerprint density at radius 2 is 1.54 bits per heavy atom. The van der Waals surface area contributed by atoms with Crippen LogP contribution in [0.15, 0.2) is 12.1 Å². The second-order valence-electron chi connectivity index (χ2n) is 5.91. The smallest absolute Gasteiger partial charge is 0.256 e. The molecule has 1 heterocycles. The first kappa shape index (κ1) is 21.6. The van der Waals surface area contributed by atoms with Crippen molar-refractivity contribution in [3.8, 4) is 17.2 Å². The van der Waals surface area contributed by atoms with Crippen LogP contribution in [0.3, 0.4) is 0 Å². The van der Waals surface area contributed by atoms with Crippen molar-refractivity contribution in [2.24, 2.45) is 5.73 Å². The number of hydrogen-bond donors (Lipinski definition) is 2. The standard InChI is InChI=1S/C20H26N2O5S/c1-6-25-14-9-13(10-15(26-7-2)17(14)27-8-3)19(24)22-20-16(18(21)23)11(4)12(5)28-20/h9-10H,6-8H2,1-5H3,(H2,21,23)(H,22,24). The maximum atomic E-state index is 12.9. The van der Waals surface area contributed by atoms with E-state index in [1.807, 2.05) is 27.7 Å². The summed E-state index contributed by atoms with van der Waals surface area (Å²) in [6.07, 6.45) is 0. The van der Waals surface area contributed by atoms with Crippen LogP contribution in [0, 0.1) is 13.8 Å². The molecule has 0 atom stereocenters. The van der Waals surface area contributed by atoms with E-state index in [1.54, 1.807) is 19.1 Å². The van der Waals surface area contributed by atoms with E-state index in [4.69, 9.17) is 19.9 Å². The molecule has 28 heavy (non-hydrogen) atoms. The molecule has 0 unspecified atom stereocenters. The first-order chi connectivity index (χ1) is 13.3. The van der Waals surface area contributed by atoms with Crippen molar-refractivity contribution in [3.05, 3.63) is 33.7 Å². The highest BCUT2D eigenvalue weighted by atomic mass is 32.1. The Morgan fingerprint density at radius 1 is 1.00 bits per heavy atom. The third kappa shape index (κ3) is 4.56. The molecule has 7 nitrogen and oxygen atoms in total. The van der Waals surface area contributed by atoms with Gasteiger partial charge in [-0.15, -0.1) is 11.3 Å². The number of nitrogens with one attached hydrogen (secondary N) is 1. The molecule has 0 aliphatic heterocycles. The van der Waals surface area contributed by atoms with Crippen molar-refractivity contribution in [3.63, 3.8) is 0 Å². The Kier molecular flexibility index (Phi) is 7.28. The summed E-state index contributed by atoms with van der Waals surface area (Å²) < 4.78 is 16.9. The topological polar surface area (TPSA) is 99.9 Å². The molecule has 3 N–H and O–H groups in total. The van der Waals surface area contributed by atoms with Crippen LogP contribution in [-0.2, 0) is 0 Å². The third-order valence-electron chi connectivity index (χ3n) is 4.03. The van der Waals surface area contributed by atoms with Crippen LogP contribution in [0.1, 0.15) is 51.9 Å². The molecule has 2 amide bonds. The molecule has 152 valence electrons. The van der Waals surface area contributed by atoms with Crippen LogP contribution in [0.2, 0.25) is 0 Å². The zero-order valence-corrected chi connectivity index (χ0v) is 17.6. The summed E-state index contributed by atoms with van der Waals surface area (Å²) in [5.74, 6) is 0.342. The highest BCUT2D eigenvalue weighted by Crippen LogP contribution is 2.40. The quantitative estimate of drug-likeness (QED) is 0.658. The average Bonchev–Trinajstić information content (AvgIpc) is 2.91. The van der Waals surface area contributed by atoms with Gasteiger partial charge in [-0.2, -0.15) is 0 Å². The Hall–Kier alpha value is -2.74. The number of aryl methyl sites for hydroxylation is 1. The second kappa shape index (κ2) is 9.45. The van der Waals surface area contributed by atoms with Crippen LogP contribution in [0.25, 0.3) is 0 Å². The van der Waals surface area contributed by atoms with Crippen molar-refractivity contribution in [2.45, 2.75) is 34.6 Å². The van der Waals surface area contributed by atoms with Gasteiger partial charge in [0.15, 0.2) is 11.5 Å². The van der Waals surface area contributed by atoms with Gasteiger partial charge < -0.3 is 25.3 Å². The van der Waals surface area contributed by atoms with Crippen molar-refractivity contribution in [1.82, 2.24) is 0 Å². The largest absolute Gasteiger partial charge is 0.490 e. The summed E-state index contributed by atoms with van der Waals surface area (Å²) in [6, 6.07) is 3.20. The van der Waals surface area contributed by atoms with E-state index in [2.05, 4.69) is 5.32 Å². The van der Waals surface area contributed by atoms with Crippen molar-refractivity contribution >= 4 is 28.2 Å². The maximum absolute atomic E-state index is 12.9. The van der Waals surface area contributed by atoms with E-state index in [9.17, 15) is 9.59 Å². The summed E-state index contributed by atoms with van der Waals surface area (Å²) in [7, 11) is 0. The summed E-state index contributed by atoms with van der Waals surface area (Å²) in [6.45, 7) is 10.5. The highest BCUT2D eigenvalue weighted by molar-refractivity contribution is 7.16. The SMILES string of the molecule is CCOc1cc(C(=O)Nc2sc(C)c(C)c2C(N)=O)cc(OCC)c1OCC. The Labute approximate surface area is 168 Å². The zero-order valence-electron chi connectivity index (χ0n) is 16.8. The van der Waals surface area contributed by atoms with Gasteiger partial charge >= 0.3 is 0 Å². The predicted molar refractivity (Wildman–Crippen MR) is 110 cm³/mol. The molecule has 2 aromatic rings. The second-order valence-corrected chi connectivity index (χ2v) is 7.13. The lowest BCUT2D eigenvalue weighted by atomic mass is 10.1. The number of thiophene rings is 1. The summed E-state index contributed by atoms with van der Waals surface area (Å²) >= 11 is 1.31. The molecule has 0 spiro atoms. The van der Waals surface area contributed by atoms with Gasteiger partial charge in [-0.1, -0.05) is 0 Å². The van der Waals surface area contributed by atoms with E-state index in [1.165, 1.54) is 11.3 Å². The maximum Gasteiger partial charge on any atom is 0.256 e. The first-order valence-electron chi connectivity index (χ1n) is 9.11. The lowest BCUT2D eigenvalue weighted by molar-refractivity contribution is 0.100. The summed E-state index contributed by atoms with van der Waals surface area (Å²) in [4.78, 5) is 25.6. The number of carbonyl (C=O) groups is 2. The molecule has 0 bridgehead atoms. The normalized spacial score (nSPS) is 10.5. The number of primary amides is 1. The minimum absolute atomic E-state index is 0.328. The molecule has 1 aromatic carbocycles.